The molecule has 19 heavy (non-hydrogen) atoms. The van der Waals surface area contributed by atoms with Crippen molar-refractivity contribution in [1.29, 1.82) is 0 Å². The molecule has 0 aromatic heterocycles. The van der Waals surface area contributed by atoms with E-state index in [4.69, 9.17) is 11.5 Å². The number of nitrogens with zero attached hydrogens (tertiary/aromatic N) is 1. The summed E-state index contributed by atoms with van der Waals surface area (Å²) in [5.41, 5.74) is 11.2. The van der Waals surface area contributed by atoms with Crippen LogP contribution in [0, 0.1) is 0 Å². The van der Waals surface area contributed by atoms with E-state index in [2.05, 4.69) is 11.8 Å². The van der Waals surface area contributed by atoms with Crippen LogP contribution in [0.1, 0.15) is 71.1 Å². The first-order valence-corrected chi connectivity index (χ1v) is 8.47. The molecule has 0 rings (SSSR count). The van der Waals surface area contributed by atoms with Crippen LogP contribution in [0.25, 0.3) is 0 Å². The van der Waals surface area contributed by atoms with Crippen molar-refractivity contribution < 1.29 is 0 Å². The second kappa shape index (κ2) is 15.9. The number of rotatable bonds is 15. The van der Waals surface area contributed by atoms with Gasteiger partial charge in [0.05, 0.1) is 0 Å². The highest BCUT2D eigenvalue weighted by Crippen LogP contribution is 2.09. The summed E-state index contributed by atoms with van der Waals surface area (Å²) in [6, 6.07) is 0. The third-order valence-corrected chi connectivity index (χ3v) is 3.68. The molecule has 0 atom stereocenters. The lowest BCUT2D eigenvalue weighted by molar-refractivity contribution is 0.263. The van der Waals surface area contributed by atoms with Crippen LogP contribution in [-0.4, -0.2) is 37.6 Å². The first-order valence-electron chi connectivity index (χ1n) is 8.47. The monoisotopic (exact) mass is 271 g/mol. The molecule has 0 spiro atoms. The Bertz CT molecular complexity index is 154. The number of hydrogen-bond acceptors (Lipinski definition) is 3. The van der Waals surface area contributed by atoms with E-state index in [1.165, 1.54) is 57.9 Å². The van der Waals surface area contributed by atoms with Crippen molar-refractivity contribution in [3.63, 3.8) is 0 Å². The summed E-state index contributed by atoms with van der Waals surface area (Å²) in [6.45, 7) is 7.40. The molecule has 0 saturated heterocycles. The van der Waals surface area contributed by atoms with Crippen LogP contribution in [0.2, 0.25) is 0 Å². The molecule has 4 N–H and O–H groups in total. The molecule has 0 heterocycles. The van der Waals surface area contributed by atoms with E-state index in [1.54, 1.807) is 0 Å². The maximum atomic E-state index is 5.59. The summed E-state index contributed by atoms with van der Waals surface area (Å²) >= 11 is 0. The van der Waals surface area contributed by atoms with Gasteiger partial charge in [-0.25, -0.2) is 0 Å². The van der Waals surface area contributed by atoms with Crippen LogP contribution in [0.4, 0.5) is 0 Å². The van der Waals surface area contributed by atoms with Crippen LogP contribution in [0.5, 0.6) is 0 Å². The molecule has 3 heteroatoms. The molecule has 0 unspecified atom stereocenters. The largest absolute Gasteiger partial charge is 0.330 e. The minimum absolute atomic E-state index is 0.802. The van der Waals surface area contributed by atoms with Gasteiger partial charge in [-0.1, -0.05) is 51.9 Å². The Hall–Kier alpha value is -0.120. The fraction of sp³-hybridized carbons (Fsp3) is 1.00. The zero-order chi connectivity index (χ0) is 14.2. The molecule has 116 valence electrons. The van der Waals surface area contributed by atoms with Crippen LogP contribution in [0.15, 0.2) is 0 Å². The van der Waals surface area contributed by atoms with Gasteiger partial charge in [-0.15, -0.1) is 0 Å². The standard InChI is InChI=1S/C16H37N3/c1-2-3-4-5-6-7-8-9-14-19(15-10-12-17)16-11-13-18/h2-18H2,1H3. The van der Waals surface area contributed by atoms with Gasteiger partial charge in [0.2, 0.25) is 0 Å². The summed E-state index contributed by atoms with van der Waals surface area (Å²) in [4.78, 5) is 2.54. The van der Waals surface area contributed by atoms with Crippen LogP contribution >= 0.6 is 0 Å². The maximum absolute atomic E-state index is 5.59. The van der Waals surface area contributed by atoms with Crippen molar-refractivity contribution in [2.75, 3.05) is 32.7 Å². The molecule has 0 aliphatic rings. The maximum Gasteiger partial charge on any atom is -0.000671 e. The first kappa shape index (κ1) is 18.9. The minimum Gasteiger partial charge on any atom is -0.330 e. The second-order valence-electron chi connectivity index (χ2n) is 5.60. The van der Waals surface area contributed by atoms with E-state index in [0.717, 1.165) is 39.0 Å². The van der Waals surface area contributed by atoms with Gasteiger partial charge in [0.1, 0.15) is 0 Å². The molecule has 0 aliphatic heterocycles. The van der Waals surface area contributed by atoms with Gasteiger partial charge in [0, 0.05) is 0 Å². The Morgan fingerprint density at radius 3 is 1.47 bits per heavy atom. The number of unbranched alkanes of at least 4 members (excludes halogenated alkanes) is 7. The highest BCUT2D eigenvalue weighted by atomic mass is 15.1. The minimum atomic E-state index is 0.802. The van der Waals surface area contributed by atoms with Crippen molar-refractivity contribution in [2.24, 2.45) is 11.5 Å². The quantitative estimate of drug-likeness (QED) is 0.450. The highest BCUT2D eigenvalue weighted by Gasteiger charge is 2.03. The number of nitrogens with two attached hydrogens (primary N) is 2. The van der Waals surface area contributed by atoms with E-state index < -0.39 is 0 Å². The smallest absolute Gasteiger partial charge is 0.000671 e. The SMILES string of the molecule is CCCCCCCCCCN(CCCN)CCCN. The third kappa shape index (κ3) is 14.1. The molecular weight excluding hydrogens is 234 g/mol. The predicted octanol–water partition coefficient (Wildman–Crippen LogP) is 3.13. The first-order chi connectivity index (χ1) is 9.35. The summed E-state index contributed by atoms with van der Waals surface area (Å²) < 4.78 is 0. The van der Waals surface area contributed by atoms with Gasteiger partial charge >= 0.3 is 0 Å². The lowest BCUT2D eigenvalue weighted by Crippen LogP contribution is -2.29. The van der Waals surface area contributed by atoms with Crippen molar-refractivity contribution in [3.8, 4) is 0 Å². The fourth-order valence-corrected chi connectivity index (χ4v) is 2.43. The van der Waals surface area contributed by atoms with Gasteiger partial charge in [-0.2, -0.15) is 0 Å². The lowest BCUT2D eigenvalue weighted by atomic mass is 10.1. The Balaban J connectivity index is 3.40. The topological polar surface area (TPSA) is 55.3 Å². The summed E-state index contributed by atoms with van der Waals surface area (Å²) in [5.74, 6) is 0. The Kier molecular flexibility index (Phi) is 15.8. The molecule has 0 aliphatic carbocycles. The molecule has 0 saturated carbocycles. The Morgan fingerprint density at radius 1 is 0.579 bits per heavy atom. The third-order valence-electron chi connectivity index (χ3n) is 3.68. The molecule has 0 amide bonds. The summed E-state index contributed by atoms with van der Waals surface area (Å²) in [5, 5.41) is 0. The molecule has 0 radical (unpaired) electrons. The van der Waals surface area contributed by atoms with E-state index >= 15 is 0 Å². The predicted molar refractivity (Wildman–Crippen MR) is 86.4 cm³/mol. The van der Waals surface area contributed by atoms with Gasteiger partial charge in [-0.05, 0) is 52.0 Å². The van der Waals surface area contributed by atoms with Gasteiger partial charge in [0.25, 0.3) is 0 Å². The Labute approximate surface area is 121 Å². The average molecular weight is 271 g/mol. The molecular formula is C16H37N3. The molecule has 0 fully saturated rings. The van der Waals surface area contributed by atoms with Crippen LogP contribution in [-0.2, 0) is 0 Å². The van der Waals surface area contributed by atoms with Gasteiger partial charge in [0.15, 0.2) is 0 Å². The normalized spacial score (nSPS) is 11.4. The van der Waals surface area contributed by atoms with Gasteiger partial charge in [-0.3, -0.25) is 0 Å². The Morgan fingerprint density at radius 2 is 1.00 bits per heavy atom. The summed E-state index contributed by atoms with van der Waals surface area (Å²) in [7, 11) is 0. The highest BCUT2D eigenvalue weighted by molar-refractivity contribution is 4.59. The van der Waals surface area contributed by atoms with E-state index in [9.17, 15) is 0 Å². The zero-order valence-corrected chi connectivity index (χ0v) is 13.2. The van der Waals surface area contributed by atoms with E-state index in [-0.39, 0.29) is 0 Å². The van der Waals surface area contributed by atoms with E-state index in [1.807, 2.05) is 0 Å². The van der Waals surface area contributed by atoms with Crippen molar-refractivity contribution in [2.45, 2.75) is 71.1 Å². The van der Waals surface area contributed by atoms with Crippen molar-refractivity contribution in [1.82, 2.24) is 4.90 Å². The van der Waals surface area contributed by atoms with Crippen LogP contribution < -0.4 is 11.5 Å². The molecule has 0 bridgehead atoms. The molecule has 0 aromatic rings. The van der Waals surface area contributed by atoms with Gasteiger partial charge < -0.3 is 16.4 Å². The average Bonchev–Trinajstić information content (AvgIpc) is 2.43. The lowest BCUT2D eigenvalue weighted by Gasteiger charge is -2.21. The molecule has 3 nitrogen and oxygen atoms in total. The zero-order valence-electron chi connectivity index (χ0n) is 13.2. The van der Waals surface area contributed by atoms with Crippen LogP contribution in [0.3, 0.4) is 0 Å². The number of hydrogen-bond donors (Lipinski definition) is 2. The van der Waals surface area contributed by atoms with Crippen molar-refractivity contribution >= 4 is 0 Å². The molecule has 0 aromatic carbocycles. The van der Waals surface area contributed by atoms with Crippen molar-refractivity contribution in [3.05, 3.63) is 0 Å². The van der Waals surface area contributed by atoms with E-state index in [0.29, 0.717) is 0 Å². The fourth-order valence-electron chi connectivity index (χ4n) is 2.43. The summed E-state index contributed by atoms with van der Waals surface area (Å²) in [6.07, 6.45) is 13.4. The second-order valence-corrected chi connectivity index (χ2v) is 5.60.